The molecule has 1 saturated heterocycles. The molecule has 1 fully saturated rings. The third-order valence-corrected chi connectivity index (χ3v) is 5.77. The van der Waals surface area contributed by atoms with Gasteiger partial charge in [0, 0.05) is 31.0 Å². The lowest BCUT2D eigenvalue weighted by Crippen LogP contribution is -2.31. The number of aryl methyl sites for hydroxylation is 1. The van der Waals surface area contributed by atoms with Crippen LogP contribution in [-0.2, 0) is 0 Å². The van der Waals surface area contributed by atoms with E-state index in [4.69, 9.17) is 4.98 Å². The molecular formula is C19H19N7S. The molecule has 1 aliphatic rings. The van der Waals surface area contributed by atoms with Gasteiger partial charge in [0.25, 0.3) is 5.78 Å². The summed E-state index contributed by atoms with van der Waals surface area (Å²) < 4.78 is 1.80. The largest absolute Gasteiger partial charge is 0.341 e. The van der Waals surface area contributed by atoms with E-state index in [0.717, 1.165) is 40.9 Å². The first-order valence-corrected chi connectivity index (χ1v) is 10.0. The molecule has 1 aliphatic heterocycles. The SMILES string of the molecule is Cc1c(-c2ccnc(N3CCCCC3)n2)cnc2nc(-c3cccs3)nn12. The maximum absolute atomic E-state index is 4.81. The molecule has 0 aromatic carbocycles. The highest BCUT2D eigenvalue weighted by molar-refractivity contribution is 7.13. The van der Waals surface area contributed by atoms with Crippen molar-refractivity contribution >= 4 is 23.1 Å². The Morgan fingerprint density at radius 3 is 2.74 bits per heavy atom. The van der Waals surface area contributed by atoms with E-state index in [-0.39, 0.29) is 0 Å². The van der Waals surface area contributed by atoms with E-state index in [0.29, 0.717) is 11.6 Å². The molecule has 4 aromatic heterocycles. The number of rotatable bonds is 3. The maximum Gasteiger partial charge on any atom is 0.252 e. The maximum atomic E-state index is 4.81. The number of thiophene rings is 1. The second kappa shape index (κ2) is 6.70. The Bertz CT molecular complexity index is 1080. The van der Waals surface area contributed by atoms with Gasteiger partial charge >= 0.3 is 0 Å². The average molecular weight is 377 g/mol. The number of nitrogens with zero attached hydrogens (tertiary/aromatic N) is 7. The molecule has 136 valence electrons. The van der Waals surface area contributed by atoms with Crippen LogP contribution in [0.2, 0.25) is 0 Å². The molecule has 8 heteroatoms. The van der Waals surface area contributed by atoms with Gasteiger partial charge in [-0.25, -0.2) is 19.5 Å². The molecule has 0 aliphatic carbocycles. The van der Waals surface area contributed by atoms with Gasteiger partial charge in [0.1, 0.15) is 0 Å². The van der Waals surface area contributed by atoms with Crippen molar-refractivity contribution in [2.45, 2.75) is 26.2 Å². The van der Waals surface area contributed by atoms with Gasteiger partial charge in [-0.2, -0.15) is 4.98 Å². The summed E-state index contributed by atoms with van der Waals surface area (Å²) >= 11 is 1.62. The van der Waals surface area contributed by atoms with E-state index < -0.39 is 0 Å². The predicted octanol–water partition coefficient (Wildman–Crippen LogP) is 3.61. The van der Waals surface area contributed by atoms with Gasteiger partial charge in [0.05, 0.1) is 16.3 Å². The molecule has 0 amide bonds. The van der Waals surface area contributed by atoms with E-state index in [1.807, 2.05) is 42.9 Å². The first-order valence-electron chi connectivity index (χ1n) is 9.14. The summed E-state index contributed by atoms with van der Waals surface area (Å²) in [6.07, 6.45) is 7.35. The lowest BCUT2D eigenvalue weighted by molar-refractivity contribution is 0.568. The Balaban J connectivity index is 1.56. The minimum atomic E-state index is 0.602. The highest BCUT2D eigenvalue weighted by Crippen LogP contribution is 2.26. The lowest BCUT2D eigenvalue weighted by Gasteiger charge is -2.26. The summed E-state index contributed by atoms with van der Waals surface area (Å²) in [6, 6.07) is 5.95. The van der Waals surface area contributed by atoms with Gasteiger partial charge in [0.15, 0.2) is 5.82 Å². The Morgan fingerprint density at radius 2 is 1.93 bits per heavy atom. The Morgan fingerprint density at radius 1 is 1.04 bits per heavy atom. The Hall–Kier alpha value is -2.87. The first kappa shape index (κ1) is 16.3. The number of piperidine rings is 1. The van der Waals surface area contributed by atoms with Crippen molar-refractivity contribution in [3.63, 3.8) is 0 Å². The minimum Gasteiger partial charge on any atom is -0.341 e. The van der Waals surface area contributed by atoms with Gasteiger partial charge in [0.2, 0.25) is 5.95 Å². The topological polar surface area (TPSA) is 72.1 Å². The van der Waals surface area contributed by atoms with E-state index in [1.165, 1.54) is 19.3 Å². The van der Waals surface area contributed by atoms with Crippen LogP contribution in [0, 0.1) is 6.92 Å². The van der Waals surface area contributed by atoms with Crippen LogP contribution in [-0.4, -0.2) is 42.6 Å². The summed E-state index contributed by atoms with van der Waals surface area (Å²) in [7, 11) is 0. The quantitative estimate of drug-likeness (QED) is 0.543. The van der Waals surface area contributed by atoms with Crippen molar-refractivity contribution in [3.8, 4) is 22.0 Å². The average Bonchev–Trinajstić information content (AvgIpc) is 3.39. The molecule has 0 unspecified atom stereocenters. The van der Waals surface area contributed by atoms with Crippen LogP contribution in [0.4, 0.5) is 5.95 Å². The van der Waals surface area contributed by atoms with E-state index in [1.54, 1.807) is 15.9 Å². The number of fused-ring (bicyclic) bond motifs is 1. The number of hydrogen-bond acceptors (Lipinski definition) is 7. The molecule has 5 rings (SSSR count). The fraction of sp³-hybridized carbons (Fsp3) is 0.316. The van der Waals surface area contributed by atoms with Crippen LogP contribution in [0.15, 0.2) is 36.0 Å². The standard InChI is InChI=1S/C19H19N7S/c1-13-14(15-7-8-20-18(22-15)25-9-3-2-4-10-25)12-21-19-23-17(24-26(13)19)16-6-5-11-27-16/h5-8,11-12H,2-4,9-10H2,1H3. The molecule has 7 nitrogen and oxygen atoms in total. The third kappa shape index (κ3) is 2.95. The summed E-state index contributed by atoms with van der Waals surface area (Å²) in [5, 5.41) is 6.68. The van der Waals surface area contributed by atoms with Crippen molar-refractivity contribution < 1.29 is 0 Å². The van der Waals surface area contributed by atoms with Gasteiger partial charge in [-0.3, -0.25) is 0 Å². The molecule has 0 saturated carbocycles. The zero-order valence-electron chi connectivity index (χ0n) is 15.0. The molecule has 0 N–H and O–H groups in total. The van der Waals surface area contributed by atoms with Crippen LogP contribution < -0.4 is 4.90 Å². The lowest BCUT2D eigenvalue weighted by atomic mass is 10.1. The summed E-state index contributed by atoms with van der Waals surface area (Å²) in [4.78, 5) is 21.6. The van der Waals surface area contributed by atoms with Crippen molar-refractivity contribution in [1.29, 1.82) is 0 Å². The molecule has 0 atom stereocenters. The summed E-state index contributed by atoms with van der Waals surface area (Å²) in [5.41, 5.74) is 2.79. The van der Waals surface area contributed by atoms with E-state index >= 15 is 0 Å². The van der Waals surface area contributed by atoms with Crippen LogP contribution in [0.5, 0.6) is 0 Å². The van der Waals surface area contributed by atoms with Crippen LogP contribution >= 0.6 is 11.3 Å². The Labute approximate surface area is 160 Å². The zero-order chi connectivity index (χ0) is 18.2. The van der Waals surface area contributed by atoms with E-state index in [2.05, 4.69) is 25.0 Å². The number of anilines is 1. The second-order valence-corrected chi connectivity index (χ2v) is 7.62. The van der Waals surface area contributed by atoms with Crippen molar-refractivity contribution in [2.75, 3.05) is 18.0 Å². The predicted molar refractivity (Wildman–Crippen MR) is 106 cm³/mol. The number of aromatic nitrogens is 6. The highest BCUT2D eigenvalue weighted by Gasteiger charge is 2.17. The van der Waals surface area contributed by atoms with Gasteiger partial charge in [-0.1, -0.05) is 6.07 Å². The van der Waals surface area contributed by atoms with Crippen molar-refractivity contribution in [1.82, 2.24) is 29.5 Å². The molecule has 0 spiro atoms. The molecule has 0 radical (unpaired) electrons. The van der Waals surface area contributed by atoms with Gasteiger partial charge < -0.3 is 4.90 Å². The van der Waals surface area contributed by atoms with Crippen molar-refractivity contribution in [3.05, 3.63) is 41.7 Å². The van der Waals surface area contributed by atoms with Crippen LogP contribution in [0.3, 0.4) is 0 Å². The highest BCUT2D eigenvalue weighted by atomic mass is 32.1. The smallest absolute Gasteiger partial charge is 0.252 e. The molecule has 4 aromatic rings. The van der Waals surface area contributed by atoms with E-state index in [9.17, 15) is 0 Å². The molecular weight excluding hydrogens is 358 g/mol. The van der Waals surface area contributed by atoms with Crippen LogP contribution in [0.1, 0.15) is 25.0 Å². The first-order chi connectivity index (χ1) is 13.3. The summed E-state index contributed by atoms with van der Waals surface area (Å²) in [6.45, 7) is 4.07. The minimum absolute atomic E-state index is 0.602. The van der Waals surface area contributed by atoms with Crippen LogP contribution in [0.25, 0.3) is 27.7 Å². The third-order valence-electron chi connectivity index (χ3n) is 4.91. The zero-order valence-corrected chi connectivity index (χ0v) is 15.9. The van der Waals surface area contributed by atoms with Gasteiger partial charge in [-0.05, 0) is 43.7 Å². The normalized spacial score (nSPS) is 14.8. The number of hydrogen-bond donors (Lipinski definition) is 0. The second-order valence-electron chi connectivity index (χ2n) is 6.67. The fourth-order valence-corrected chi connectivity index (χ4v) is 4.10. The monoisotopic (exact) mass is 377 g/mol. The molecule has 5 heterocycles. The Kier molecular flexibility index (Phi) is 4.05. The molecule has 0 bridgehead atoms. The summed E-state index contributed by atoms with van der Waals surface area (Å²) in [5.74, 6) is 2.10. The fourth-order valence-electron chi connectivity index (χ4n) is 3.45. The van der Waals surface area contributed by atoms with Gasteiger partial charge in [-0.15, -0.1) is 16.4 Å². The molecule has 27 heavy (non-hydrogen) atoms. The van der Waals surface area contributed by atoms with Crippen molar-refractivity contribution in [2.24, 2.45) is 0 Å².